The Balaban J connectivity index is 1.61. The molecule has 1 heterocycles. The number of carbonyl (C=O) groups is 1. The van der Waals surface area contributed by atoms with Crippen molar-refractivity contribution in [1.29, 1.82) is 0 Å². The van der Waals surface area contributed by atoms with Gasteiger partial charge >= 0.3 is 5.97 Å². The van der Waals surface area contributed by atoms with Gasteiger partial charge in [0.1, 0.15) is 0 Å². The number of benzene rings is 2. The summed E-state index contributed by atoms with van der Waals surface area (Å²) in [5.74, 6) is -0.229. The lowest BCUT2D eigenvalue weighted by Crippen LogP contribution is -2.06. The number of nitrogens with zero attached hydrogens (tertiary/aromatic N) is 3. The second kappa shape index (κ2) is 9.16. The lowest BCUT2D eigenvalue weighted by molar-refractivity contribution is -0.384. The molecule has 8 nitrogen and oxygen atoms in total. The number of rotatable bonds is 7. The van der Waals surface area contributed by atoms with Crippen molar-refractivity contribution in [2.75, 3.05) is 6.26 Å². The largest absolute Gasteiger partial charge is 0.449 e. The molecule has 0 saturated carbocycles. The monoisotopic (exact) mass is 411 g/mol. The molecule has 0 aliphatic heterocycles. The zero-order valence-electron chi connectivity index (χ0n) is 15.6. The smallest absolute Gasteiger partial charge is 0.331 e. The van der Waals surface area contributed by atoms with Crippen molar-refractivity contribution in [1.82, 2.24) is 10.2 Å². The van der Waals surface area contributed by atoms with Crippen molar-refractivity contribution in [3.8, 4) is 11.5 Å². The first-order valence-electron chi connectivity index (χ1n) is 8.57. The number of aromatic nitrogens is 2. The summed E-state index contributed by atoms with van der Waals surface area (Å²) in [5, 5.41) is 18.5. The molecule has 0 saturated heterocycles. The number of esters is 1. The predicted molar refractivity (Wildman–Crippen MR) is 108 cm³/mol. The standard InChI is InChI=1S/C20H17N3O5S/c1-13(27-18(24)12-5-14-3-10-17(29-2)11-4-14)19-21-22-20(28-19)15-6-8-16(9-7-15)23(25)26/h3-13H,1-2H3/b12-5+/t13-/m0/s1. The van der Waals surface area contributed by atoms with Gasteiger partial charge in [-0.15, -0.1) is 22.0 Å². The molecule has 1 atom stereocenters. The van der Waals surface area contributed by atoms with Crippen LogP contribution in [0.2, 0.25) is 0 Å². The van der Waals surface area contributed by atoms with Crippen LogP contribution in [-0.4, -0.2) is 27.3 Å². The molecule has 0 fully saturated rings. The van der Waals surface area contributed by atoms with Crippen LogP contribution in [0.25, 0.3) is 17.5 Å². The van der Waals surface area contributed by atoms with Crippen molar-refractivity contribution in [2.24, 2.45) is 0 Å². The molecule has 0 spiro atoms. The molecule has 0 aliphatic rings. The predicted octanol–water partition coefficient (Wildman–Crippen LogP) is 4.68. The van der Waals surface area contributed by atoms with Crippen molar-refractivity contribution in [3.05, 3.63) is 76.2 Å². The highest BCUT2D eigenvalue weighted by Crippen LogP contribution is 2.24. The Morgan fingerprint density at radius 3 is 2.48 bits per heavy atom. The second-order valence-electron chi connectivity index (χ2n) is 5.94. The second-order valence-corrected chi connectivity index (χ2v) is 6.81. The number of nitro benzene ring substituents is 1. The first-order chi connectivity index (χ1) is 14.0. The van der Waals surface area contributed by atoms with Crippen molar-refractivity contribution >= 4 is 29.5 Å². The summed E-state index contributed by atoms with van der Waals surface area (Å²) in [6.07, 6.45) is 4.24. The summed E-state index contributed by atoms with van der Waals surface area (Å²) >= 11 is 1.64. The maximum absolute atomic E-state index is 12.0. The van der Waals surface area contributed by atoms with E-state index in [0.29, 0.717) is 5.56 Å². The van der Waals surface area contributed by atoms with Gasteiger partial charge in [0.15, 0.2) is 6.10 Å². The molecule has 0 amide bonds. The minimum atomic E-state index is -0.745. The van der Waals surface area contributed by atoms with Gasteiger partial charge < -0.3 is 9.15 Å². The van der Waals surface area contributed by atoms with Crippen LogP contribution < -0.4 is 0 Å². The van der Waals surface area contributed by atoms with Gasteiger partial charge in [0.05, 0.1) is 4.92 Å². The molecule has 3 rings (SSSR count). The molecule has 0 radical (unpaired) electrons. The Kier molecular flexibility index (Phi) is 6.40. The summed E-state index contributed by atoms with van der Waals surface area (Å²) in [4.78, 5) is 23.4. The first-order valence-corrected chi connectivity index (χ1v) is 9.79. The van der Waals surface area contributed by atoms with Gasteiger partial charge in [-0.25, -0.2) is 4.79 Å². The quantitative estimate of drug-likeness (QED) is 0.181. The molecular formula is C20H17N3O5S. The first kappa shape index (κ1) is 20.3. The number of thioether (sulfide) groups is 1. The molecule has 1 aromatic heterocycles. The molecule has 29 heavy (non-hydrogen) atoms. The third kappa shape index (κ3) is 5.29. The van der Waals surface area contributed by atoms with Crippen molar-refractivity contribution in [3.63, 3.8) is 0 Å². The minimum Gasteiger partial charge on any atom is -0.449 e. The van der Waals surface area contributed by atoms with Gasteiger partial charge in [-0.05, 0) is 49.1 Å². The Labute approximate surface area is 170 Å². The number of nitro groups is 1. The number of hydrogen-bond acceptors (Lipinski definition) is 8. The molecule has 3 aromatic rings. The van der Waals surface area contributed by atoms with Gasteiger partial charge in [0, 0.05) is 28.7 Å². The number of hydrogen-bond donors (Lipinski definition) is 0. The topological polar surface area (TPSA) is 108 Å². The molecule has 0 unspecified atom stereocenters. The summed E-state index contributed by atoms with van der Waals surface area (Å²) in [6, 6.07) is 13.5. The van der Waals surface area contributed by atoms with E-state index in [4.69, 9.17) is 9.15 Å². The van der Waals surface area contributed by atoms with Crippen LogP contribution in [0, 0.1) is 10.1 Å². The lowest BCUT2D eigenvalue weighted by Gasteiger charge is -2.06. The van der Waals surface area contributed by atoms with E-state index in [-0.39, 0.29) is 17.5 Å². The summed E-state index contributed by atoms with van der Waals surface area (Å²) in [5.41, 5.74) is 1.37. The normalized spacial score (nSPS) is 12.1. The fourth-order valence-corrected chi connectivity index (χ4v) is 2.79. The minimum absolute atomic E-state index is 0.0364. The third-order valence-corrected chi connectivity index (χ3v) is 4.68. The van der Waals surface area contributed by atoms with E-state index in [0.717, 1.165) is 10.5 Å². The maximum atomic E-state index is 12.0. The highest BCUT2D eigenvalue weighted by Gasteiger charge is 2.18. The Morgan fingerprint density at radius 1 is 1.17 bits per heavy atom. The lowest BCUT2D eigenvalue weighted by atomic mass is 10.2. The van der Waals surface area contributed by atoms with Crippen LogP contribution >= 0.6 is 11.8 Å². The zero-order chi connectivity index (χ0) is 20.8. The summed E-state index contributed by atoms with van der Waals surface area (Å²) in [6.45, 7) is 1.62. The van der Waals surface area contributed by atoms with Crippen LogP contribution in [-0.2, 0) is 9.53 Å². The van der Waals surface area contributed by atoms with E-state index in [1.165, 1.54) is 30.3 Å². The van der Waals surface area contributed by atoms with E-state index in [2.05, 4.69) is 10.2 Å². The van der Waals surface area contributed by atoms with Gasteiger partial charge in [0.2, 0.25) is 5.89 Å². The maximum Gasteiger partial charge on any atom is 0.331 e. The molecule has 0 N–H and O–H groups in total. The average Bonchev–Trinajstić information content (AvgIpc) is 3.23. The molecular weight excluding hydrogens is 394 g/mol. The molecule has 0 bridgehead atoms. The Bertz CT molecular complexity index is 1030. The van der Waals surface area contributed by atoms with E-state index < -0.39 is 17.0 Å². The van der Waals surface area contributed by atoms with E-state index >= 15 is 0 Å². The molecule has 0 aliphatic carbocycles. The Morgan fingerprint density at radius 2 is 1.86 bits per heavy atom. The van der Waals surface area contributed by atoms with Gasteiger partial charge in [0.25, 0.3) is 11.6 Å². The van der Waals surface area contributed by atoms with E-state index in [1.807, 2.05) is 30.5 Å². The van der Waals surface area contributed by atoms with Crippen molar-refractivity contribution < 1.29 is 18.9 Å². The Hall–Kier alpha value is -3.46. The van der Waals surface area contributed by atoms with Crippen LogP contribution in [0.5, 0.6) is 0 Å². The van der Waals surface area contributed by atoms with Crippen LogP contribution in [0.15, 0.2) is 63.9 Å². The molecule has 148 valence electrons. The highest BCUT2D eigenvalue weighted by atomic mass is 32.2. The molecule has 9 heteroatoms. The molecule has 2 aromatic carbocycles. The van der Waals surface area contributed by atoms with Crippen LogP contribution in [0.1, 0.15) is 24.5 Å². The number of ether oxygens (including phenoxy) is 1. The fraction of sp³-hybridized carbons (Fsp3) is 0.150. The van der Waals surface area contributed by atoms with Crippen LogP contribution in [0.4, 0.5) is 5.69 Å². The van der Waals surface area contributed by atoms with Gasteiger partial charge in [-0.3, -0.25) is 10.1 Å². The van der Waals surface area contributed by atoms with Gasteiger partial charge in [-0.1, -0.05) is 12.1 Å². The third-order valence-electron chi connectivity index (χ3n) is 3.93. The summed E-state index contributed by atoms with van der Waals surface area (Å²) < 4.78 is 10.8. The van der Waals surface area contributed by atoms with Crippen molar-refractivity contribution in [2.45, 2.75) is 17.9 Å². The fourth-order valence-electron chi connectivity index (χ4n) is 2.38. The van der Waals surface area contributed by atoms with E-state index in [9.17, 15) is 14.9 Å². The zero-order valence-corrected chi connectivity index (χ0v) is 16.5. The number of carbonyl (C=O) groups excluding carboxylic acids is 1. The summed E-state index contributed by atoms with van der Waals surface area (Å²) in [7, 11) is 0. The van der Waals surface area contributed by atoms with E-state index in [1.54, 1.807) is 24.8 Å². The average molecular weight is 411 g/mol. The van der Waals surface area contributed by atoms with Crippen LogP contribution in [0.3, 0.4) is 0 Å². The van der Waals surface area contributed by atoms with Gasteiger partial charge in [-0.2, -0.15) is 0 Å². The highest BCUT2D eigenvalue weighted by molar-refractivity contribution is 7.98. The SMILES string of the molecule is CSc1ccc(/C=C/C(=O)O[C@@H](C)c2nnc(-c3ccc([N+](=O)[O-])cc3)o2)cc1. The number of non-ortho nitro benzene ring substituents is 1.